The molecule has 1 atom stereocenters. The van der Waals surface area contributed by atoms with Crippen LogP contribution in [-0.2, 0) is 30.5 Å². The van der Waals surface area contributed by atoms with Crippen molar-refractivity contribution in [3.05, 3.63) is 49.9 Å². The van der Waals surface area contributed by atoms with E-state index in [0.29, 0.717) is 23.4 Å². The quantitative estimate of drug-likeness (QED) is 0.261. The average Bonchev–Trinajstić information content (AvgIpc) is 3.69. The number of nitrogens with zero attached hydrogens (tertiary/aromatic N) is 1. The van der Waals surface area contributed by atoms with E-state index >= 15 is 0 Å². The lowest BCUT2D eigenvalue weighted by atomic mass is 9.82. The van der Waals surface area contributed by atoms with Crippen LogP contribution in [0.15, 0.2) is 18.3 Å². The third-order valence-electron chi connectivity index (χ3n) is 6.24. The molecule has 0 saturated heterocycles. The van der Waals surface area contributed by atoms with Gasteiger partial charge in [0.1, 0.15) is 11.4 Å². The number of thiophene rings is 1. The van der Waals surface area contributed by atoms with Gasteiger partial charge >= 0.3 is 0 Å². The van der Waals surface area contributed by atoms with Crippen LogP contribution in [0.1, 0.15) is 76.2 Å². The third-order valence-corrected chi connectivity index (χ3v) is 8.07. The largest absolute Gasteiger partial charge is 0.352 e. The van der Waals surface area contributed by atoms with Crippen LogP contribution in [-0.4, -0.2) is 28.6 Å². The van der Waals surface area contributed by atoms with Gasteiger partial charge in [0.05, 0.1) is 5.56 Å². The fourth-order valence-corrected chi connectivity index (χ4v) is 6.09. The topological polar surface area (TPSA) is 59.1 Å². The summed E-state index contributed by atoms with van der Waals surface area (Å²) in [5, 5.41) is 3.58. The van der Waals surface area contributed by atoms with E-state index in [1.165, 1.54) is 37.0 Å². The number of hydrogen-bond donors (Lipinski definition) is 1. The number of thiocarbonyl (C=S) groups is 1. The second-order valence-corrected chi connectivity index (χ2v) is 11.6. The predicted octanol–water partition coefficient (Wildman–Crippen LogP) is 5.96. The number of nitrogens with one attached hydrogen (secondary N) is 1. The maximum Gasteiger partial charge on any atom is 0.252 e. The SMILES string of the molecule is C1CC1.O=CCc1sc2c(c1C(=O)NCC1CC1)C[C@@H](CC(=S)Cc1ccnc(Cl)c1)CC2. The number of aryl methyl sites for hydroxylation is 1. The van der Waals surface area contributed by atoms with Crippen LogP contribution >= 0.6 is 35.2 Å². The molecule has 2 aromatic rings. The van der Waals surface area contributed by atoms with Crippen molar-refractivity contribution in [2.75, 3.05) is 6.54 Å². The summed E-state index contributed by atoms with van der Waals surface area (Å²) in [6.07, 6.45) is 14.3. The molecular formula is C26H31ClN2O2S2. The summed E-state index contributed by atoms with van der Waals surface area (Å²) in [7, 11) is 0. The van der Waals surface area contributed by atoms with E-state index in [-0.39, 0.29) is 5.91 Å². The molecule has 1 amide bonds. The van der Waals surface area contributed by atoms with Crippen molar-refractivity contribution in [1.82, 2.24) is 10.3 Å². The highest BCUT2D eigenvalue weighted by Crippen LogP contribution is 2.38. The highest BCUT2D eigenvalue weighted by atomic mass is 35.5. The molecular weight excluding hydrogens is 472 g/mol. The van der Waals surface area contributed by atoms with Crippen LogP contribution in [0.25, 0.3) is 0 Å². The number of rotatable bonds is 9. The van der Waals surface area contributed by atoms with E-state index < -0.39 is 0 Å². The van der Waals surface area contributed by atoms with Gasteiger partial charge in [0.25, 0.3) is 5.91 Å². The Morgan fingerprint density at radius 3 is 2.70 bits per heavy atom. The molecule has 2 aromatic heterocycles. The first-order valence-corrected chi connectivity index (χ1v) is 13.6. The molecule has 3 aliphatic carbocycles. The first-order chi connectivity index (χ1) is 16.0. The van der Waals surface area contributed by atoms with E-state index in [4.69, 9.17) is 23.8 Å². The minimum absolute atomic E-state index is 0.00842. The third kappa shape index (κ3) is 7.43. The van der Waals surface area contributed by atoms with Gasteiger partial charge in [-0.3, -0.25) is 4.79 Å². The van der Waals surface area contributed by atoms with Crippen molar-refractivity contribution < 1.29 is 9.59 Å². The van der Waals surface area contributed by atoms with Crippen molar-refractivity contribution >= 4 is 52.2 Å². The van der Waals surface area contributed by atoms with E-state index in [1.54, 1.807) is 17.5 Å². The van der Waals surface area contributed by atoms with E-state index in [0.717, 1.165) is 71.4 Å². The van der Waals surface area contributed by atoms with Gasteiger partial charge in [-0.1, -0.05) is 43.1 Å². The first-order valence-electron chi connectivity index (χ1n) is 12.0. The zero-order valence-corrected chi connectivity index (χ0v) is 21.3. The van der Waals surface area contributed by atoms with Gasteiger partial charge in [0.2, 0.25) is 0 Å². The van der Waals surface area contributed by atoms with E-state index in [1.807, 2.05) is 12.1 Å². The average molecular weight is 503 g/mol. The Morgan fingerprint density at radius 1 is 1.24 bits per heavy atom. The minimum Gasteiger partial charge on any atom is -0.352 e. The normalized spacial score (nSPS) is 18.5. The minimum atomic E-state index is -0.00842. The summed E-state index contributed by atoms with van der Waals surface area (Å²) in [5.74, 6) is 1.05. The molecule has 0 radical (unpaired) electrons. The second kappa shape index (κ2) is 11.7. The fourth-order valence-electron chi connectivity index (χ4n) is 4.19. The van der Waals surface area contributed by atoms with Gasteiger partial charge in [0, 0.05) is 35.3 Å². The predicted molar refractivity (Wildman–Crippen MR) is 139 cm³/mol. The van der Waals surface area contributed by atoms with Crippen molar-refractivity contribution in [1.29, 1.82) is 0 Å². The summed E-state index contributed by atoms with van der Waals surface area (Å²) in [4.78, 5) is 31.3. The number of amides is 1. The number of halogens is 1. The summed E-state index contributed by atoms with van der Waals surface area (Å²) in [5.41, 5.74) is 3.00. The first kappa shape index (κ1) is 24.5. The molecule has 0 bridgehead atoms. The zero-order valence-electron chi connectivity index (χ0n) is 18.9. The number of pyridine rings is 1. The van der Waals surface area contributed by atoms with Crippen LogP contribution < -0.4 is 5.32 Å². The smallest absolute Gasteiger partial charge is 0.252 e. The van der Waals surface area contributed by atoms with Crippen LogP contribution in [0.2, 0.25) is 5.15 Å². The maximum absolute atomic E-state index is 12.9. The molecule has 4 nitrogen and oxygen atoms in total. The van der Waals surface area contributed by atoms with Gasteiger partial charge in [-0.05, 0) is 78.5 Å². The number of aldehydes is 1. The molecule has 1 N–H and O–H groups in total. The summed E-state index contributed by atoms with van der Waals surface area (Å²) in [6, 6.07) is 3.81. The van der Waals surface area contributed by atoms with Crippen LogP contribution in [0.3, 0.4) is 0 Å². The molecule has 0 unspecified atom stereocenters. The molecule has 2 heterocycles. The Morgan fingerprint density at radius 2 is 2.03 bits per heavy atom. The molecule has 0 aliphatic heterocycles. The molecule has 176 valence electrons. The number of hydrogen-bond acceptors (Lipinski definition) is 5. The Hall–Kier alpha value is -1.63. The van der Waals surface area contributed by atoms with Gasteiger partial charge in [0.15, 0.2) is 0 Å². The lowest BCUT2D eigenvalue weighted by Gasteiger charge is -2.23. The standard InChI is InChI=1S/C23H25ClN2O2S2.C3H6/c24-21-12-16(5-7-25-21)10-17(29)9-15-3-4-19-18(11-15)22(20(30-19)6-8-27)23(28)26-13-14-1-2-14;1-2-3-1/h5,7-8,12,14-15H,1-4,6,9-11,13H2,(H,26,28);1-3H2/t15-;/m1./s1. The maximum atomic E-state index is 12.9. The van der Waals surface area contributed by atoms with E-state index in [2.05, 4.69) is 10.3 Å². The van der Waals surface area contributed by atoms with Gasteiger partial charge in [-0.15, -0.1) is 11.3 Å². The summed E-state index contributed by atoms with van der Waals surface area (Å²) >= 11 is 13.3. The lowest BCUT2D eigenvalue weighted by Crippen LogP contribution is -2.28. The Kier molecular flexibility index (Phi) is 8.67. The Labute approximate surface area is 210 Å². The lowest BCUT2D eigenvalue weighted by molar-refractivity contribution is -0.107. The molecule has 7 heteroatoms. The van der Waals surface area contributed by atoms with Crippen LogP contribution in [0.4, 0.5) is 0 Å². The van der Waals surface area contributed by atoms with Crippen LogP contribution in [0, 0.1) is 11.8 Å². The summed E-state index contributed by atoms with van der Waals surface area (Å²) in [6.45, 7) is 0.742. The van der Waals surface area contributed by atoms with Gasteiger partial charge < -0.3 is 10.1 Å². The monoisotopic (exact) mass is 502 g/mol. The van der Waals surface area contributed by atoms with Crippen molar-refractivity contribution in [2.45, 2.75) is 70.6 Å². The number of aromatic nitrogens is 1. The van der Waals surface area contributed by atoms with Gasteiger partial charge in [-0.2, -0.15) is 0 Å². The molecule has 2 saturated carbocycles. The van der Waals surface area contributed by atoms with Crippen LogP contribution in [0.5, 0.6) is 0 Å². The highest BCUT2D eigenvalue weighted by Gasteiger charge is 2.30. The molecule has 2 fully saturated rings. The fraction of sp³-hybridized carbons (Fsp3) is 0.538. The van der Waals surface area contributed by atoms with Crippen molar-refractivity contribution in [2.24, 2.45) is 11.8 Å². The highest BCUT2D eigenvalue weighted by molar-refractivity contribution is 7.80. The van der Waals surface area contributed by atoms with Gasteiger partial charge in [-0.25, -0.2) is 4.98 Å². The molecule has 3 aliphatic rings. The molecule has 33 heavy (non-hydrogen) atoms. The van der Waals surface area contributed by atoms with E-state index in [9.17, 15) is 9.59 Å². The summed E-state index contributed by atoms with van der Waals surface area (Å²) < 4.78 is 0. The molecule has 0 spiro atoms. The number of carbonyl (C=O) groups is 2. The molecule has 0 aromatic carbocycles. The second-order valence-electron chi connectivity index (χ2n) is 9.40. The molecule has 5 rings (SSSR count). The number of carbonyl (C=O) groups excluding carboxylic acids is 2. The zero-order chi connectivity index (χ0) is 23.2. The Balaban J connectivity index is 0.000000799. The Bertz CT molecular complexity index is 1010. The number of fused-ring (bicyclic) bond motifs is 1. The van der Waals surface area contributed by atoms with Crippen molar-refractivity contribution in [3.8, 4) is 0 Å². The van der Waals surface area contributed by atoms with Crippen molar-refractivity contribution in [3.63, 3.8) is 0 Å².